The number of hydrogen-bond acceptors (Lipinski definition) is 6. The maximum absolute atomic E-state index is 13.4. The van der Waals surface area contributed by atoms with Crippen LogP contribution in [0.15, 0.2) is 77.4 Å². The molecular formula is C23H20N2O5. The van der Waals surface area contributed by atoms with E-state index in [0.717, 1.165) is 5.69 Å². The molecule has 5 rings (SSSR count). The first-order valence-corrected chi connectivity index (χ1v) is 9.84. The summed E-state index contributed by atoms with van der Waals surface area (Å²) in [4.78, 5) is 33.8. The number of carbonyl (C=O) groups is 2. The number of rotatable bonds is 5. The molecule has 7 heteroatoms. The Morgan fingerprint density at radius 1 is 0.900 bits per heavy atom. The Balaban J connectivity index is 1.51. The molecular weight excluding hydrogens is 384 g/mol. The fourth-order valence-corrected chi connectivity index (χ4v) is 4.07. The van der Waals surface area contributed by atoms with Crippen LogP contribution < -0.4 is 14.7 Å². The van der Waals surface area contributed by atoms with Crippen LogP contribution in [0.3, 0.4) is 0 Å². The van der Waals surface area contributed by atoms with Crippen molar-refractivity contribution in [2.45, 2.75) is 19.1 Å². The largest absolute Gasteiger partial charge is 0.494 e. The Bertz CT molecular complexity index is 1050. The van der Waals surface area contributed by atoms with E-state index in [9.17, 15) is 9.59 Å². The van der Waals surface area contributed by atoms with Gasteiger partial charge in [-0.2, -0.15) is 0 Å². The summed E-state index contributed by atoms with van der Waals surface area (Å²) < 4.78 is 11.1. The third kappa shape index (κ3) is 2.86. The number of furan rings is 1. The average molecular weight is 404 g/mol. The molecule has 7 nitrogen and oxygen atoms in total. The van der Waals surface area contributed by atoms with Crippen LogP contribution in [0.1, 0.15) is 18.7 Å². The molecule has 2 aliphatic rings. The highest BCUT2D eigenvalue weighted by molar-refractivity contribution is 6.23. The maximum Gasteiger partial charge on any atom is 0.266 e. The number of fused-ring (bicyclic) bond motifs is 1. The summed E-state index contributed by atoms with van der Waals surface area (Å²) in [5, 5.41) is 1.61. The van der Waals surface area contributed by atoms with Gasteiger partial charge >= 0.3 is 0 Å². The van der Waals surface area contributed by atoms with Gasteiger partial charge in [0, 0.05) is 0 Å². The number of ether oxygens (including phenoxy) is 1. The van der Waals surface area contributed by atoms with Crippen LogP contribution in [0.4, 0.5) is 11.4 Å². The summed E-state index contributed by atoms with van der Waals surface area (Å²) in [5.41, 5.74) is 1.25. The first-order valence-electron chi connectivity index (χ1n) is 9.84. The molecule has 1 aromatic heterocycles. The Kier molecular flexibility index (Phi) is 4.52. The Labute approximate surface area is 173 Å². The van der Waals surface area contributed by atoms with Gasteiger partial charge in [-0.25, -0.2) is 9.96 Å². The summed E-state index contributed by atoms with van der Waals surface area (Å²) in [5.74, 6) is -0.157. The predicted molar refractivity (Wildman–Crippen MR) is 109 cm³/mol. The minimum atomic E-state index is -0.917. The van der Waals surface area contributed by atoms with Gasteiger partial charge in [0.15, 0.2) is 6.10 Å². The molecule has 3 heterocycles. The molecule has 0 radical (unpaired) electrons. The molecule has 0 saturated carbocycles. The van der Waals surface area contributed by atoms with Crippen LogP contribution in [0.25, 0.3) is 0 Å². The van der Waals surface area contributed by atoms with E-state index in [4.69, 9.17) is 14.0 Å². The second-order valence-electron chi connectivity index (χ2n) is 7.11. The van der Waals surface area contributed by atoms with Gasteiger partial charge in [0.05, 0.1) is 24.2 Å². The fraction of sp³-hybridized carbons (Fsp3) is 0.217. The first-order chi connectivity index (χ1) is 14.7. The highest BCUT2D eigenvalue weighted by atomic mass is 16.7. The van der Waals surface area contributed by atoms with E-state index in [1.54, 1.807) is 47.7 Å². The number of benzene rings is 2. The van der Waals surface area contributed by atoms with Crippen molar-refractivity contribution in [1.29, 1.82) is 0 Å². The SMILES string of the molecule is CCOc1ccc(N2C(=O)[C@@H]3[C@@H](ON(c4ccccc4)[C@H]3c3ccco3)C2=O)cc1. The van der Waals surface area contributed by atoms with Crippen molar-refractivity contribution < 1.29 is 23.6 Å². The summed E-state index contributed by atoms with van der Waals surface area (Å²) in [7, 11) is 0. The molecule has 2 fully saturated rings. The molecule has 152 valence electrons. The lowest BCUT2D eigenvalue weighted by Gasteiger charge is -2.27. The van der Waals surface area contributed by atoms with E-state index >= 15 is 0 Å². The summed E-state index contributed by atoms with van der Waals surface area (Å²) in [6.07, 6.45) is 0.636. The molecule has 0 unspecified atom stereocenters. The van der Waals surface area contributed by atoms with Crippen molar-refractivity contribution in [3.8, 4) is 5.75 Å². The van der Waals surface area contributed by atoms with Crippen molar-refractivity contribution in [3.05, 3.63) is 78.8 Å². The Morgan fingerprint density at radius 2 is 1.67 bits per heavy atom. The van der Waals surface area contributed by atoms with Crippen molar-refractivity contribution in [3.63, 3.8) is 0 Å². The van der Waals surface area contributed by atoms with Crippen molar-refractivity contribution >= 4 is 23.2 Å². The van der Waals surface area contributed by atoms with E-state index in [1.165, 1.54) is 4.90 Å². The van der Waals surface area contributed by atoms with Crippen LogP contribution in [0.5, 0.6) is 5.75 Å². The Hall–Kier alpha value is -3.58. The number of hydroxylamine groups is 1. The van der Waals surface area contributed by atoms with Gasteiger partial charge in [0.25, 0.3) is 5.91 Å². The smallest absolute Gasteiger partial charge is 0.266 e. The fourth-order valence-electron chi connectivity index (χ4n) is 4.07. The normalized spacial score (nSPS) is 23.2. The number of imide groups is 1. The molecule has 30 heavy (non-hydrogen) atoms. The molecule has 2 saturated heterocycles. The van der Waals surface area contributed by atoms with E-state index in [0.29, 0.717) is 23.8 Å². The second-order valence-corrected chi connectivity index (χ2v) is 7.11. The quantitative estimate of drug-likeness (QED) is 0.604. The molecule has 2 amide bonds. The van der Waals surface area contributed by atoms with Crippen LogP contribution in [-0.4, -0.2) is 24.5 Å². The van der Waals surface area contributed by atoms with Crippen LogP contribution in [-0.2, 0) is 14.4 Å². The zero-order valence-electron chi connectivity index (χ0n) is 16.3. The zero-order chi connectivity index (χ0) is 20.7. The van der Waals surface area contributed by atoms with Gasteiger partial charge in [-0.1, -0.05) is 18.2 Å². The monoisotopic (exact) mass is 404 g/mol. The third-order valence-electron chi connectivity index (χ3n) is 5.37. The molecule has 2 aliphatic heterocycles. The van der Waals surface area contributed by atoms with Gasteiger partial charge in [0.2, 0.25) is 5.91 Å². The lowest BCUT2D eigenvalue weighted by Crippen LogP contribution is -2.37. The van der Waals surface area contributed by atoms with Gasteiger partial charge in [-0.3, -0.25) is 14.4 Å². The standard InChI is InChI=1S/C23H20N2O5/c1-2-28-17-12-10-15(11-13-17)24-22(26)19-20(18-9-6-14-29-18)25(30-21(19)23(24)27)16-7-4-3-5-8-16/h3-14,19-21H,2H2,1H3/t19-,20-,21+/m0/s1. The third-order valence-corrected chi connectivity index (χ3v) is 5.37. The van der Waals surface area contributed by atoms with E-state index in [-0.39, 0.29) is 11.8 Å². The van der Waals surface area contributed by atoms with Crippen molar-refractivity contribution in [2.24, 2.45) is 5.92 Å². The van der Waals surface area contributed by atoms with E-state index in [2.05, 4.69) is 0 Å². The number of carbonyl (C=O) groups excluding carboxylic acids is 2. The maximum atomic E-state index is 13.4. The molecule has 0 aliphatic carbocycles. The lowest BCUT2D eigenvalue weighted by molar-refractivity contribution is -0.126. The van der Waals surface area contributed by atoms with E-state index in [1.807, 2.05) is 37.3 Å². The molecule has 0 spiro atoms. The highest BCUT2D eigenvalue weighted by Gasteiger charge is 2.61. The number of hydrogen-bond donors (Lipinski definition) is 0. The molecule has 0 N–H and O–H groups in total. The molecule has 2 aromatic carbocycles. The molecule has 3 atom stereocenters. The molecule has 3 aromatic rings. The van der Waals surface area contributed by atoms with Crippen molar-refractivity contribution in [2.75, 3.05) is 16.6 Å². The van der Waals surface area contributed by atoms with Crippen LogP contribution in [0.2, 0.25) is 0 Å². The predicted octanol–water partition coefficient (Wildman–Crippen LogP) is 3.73. The Morgan fingerprint density at radius 3 is 2.33 bits per heavy atom. The number of nitrogens with zero attached hydrogens (tertiary/aromatic N) is 2. The average Bonchev–Trinajstić information content (AvgIpc) is 3.48. The van der Waals surface area contributed by atoms with Crippen molar-refractivity contribution in [1.82, 2.24) is 0 Å². The zero-order valence-corrected chi connectivity index (χ0v) is 16.3. The number of amides is 2. The highest BCUT2D eigenvalue weighted by Crippen LogP contribution is 2.47. The topological polar surface area (TPSA) is 72.2 Å². The first kappa shape index (κ1) is 18.4. The lowest BCUT2D eigenvalue weighted by atomic mass is 9.94. The minimum absolute atomic E-state index is 0.311. The van der Waals surface area contributed by atoms with Crippen LogP contribution >= 0.6 is 0 Å². The number of anilines is 2. The van der Waals surface area contributed by atoms with E-state index < -0.39 is 18.1 Å². The molecule has 0 bridgehead atoms. The minimum Gasteiger partial charge on any atom is -0.494 e. The second kappa shape index (κ2) is 7.35. The van der Waals surface area contributed by atoms with Gasteiger partial charge in [-0.05, 0) is 55.5 Å². The number of para-hydroxylation sites is 1. The van der Waals surface area contributed by atoms with Gasteiger partial charge in [-0.15, -0.1) is 0 Å². The van der Waals surface area contributed by atoms with Crippen LogP contribution in [0, 0.1) is 5.92 Å². The summed E-state index contributed by atoms with van der Waals surface area (Å²) in [6, 6.07) is 19.3. The summed E-state index contributed by atoms with van der Waals surface area (Å²) >= 11 is 0. The summed E-state index contributed by atoms with van der Waals surface area (Å²) in [6.45, 7) is 2.44. The van der Waals surface area contributed by atoms with Gasteiger partial charge in [0.1, 0.15) is 23.5 Å². The van der Waals surface area contributed by atoms with Gasteiger partial charge < -0.3 is 9.15 Å².